The zero-order valence-electron chi connectivity index (χ0n) is 43.7. The Kier molecular flexibility index (Phi) is 18.9. The van der Waals surface area contributed by atoms with Crippen LogP contribution in [0, 0.1) is 11.8 Å². The molecule has 64 heavy (non-hydrogen) atoms. The van der Waals surface area contributed by atoms with E-state index in [1.54, 1.807) is 38.8 Å². The lowest BCUT2D eigenvalue weighted by Crippen LogP contribution is -2.46. The second kappa shape index (κ2) is 22.7. The number of aliphatic hydroxyl groups is 2. The standard InChI is InChI=1S/C52H82B2O2.C6H14O2/c1-9-13-17-21-23-27-39-35-51-36-40(28-24-22-18-14-10-2)38-52(51,37-39)46-34-48(54-55-49(5,6)50(7,8)56-54)42(30-26-20-16-12-4)32-44(46)43-31-41(29-25-19-15-11-3)47(53)33-45(43)51;1-5(2,7)6(3,4)8/h31-34,39-40H,9-30,35-38H2,1-8H3;7-8H,1-4H3. The van der Waals surface area contributed by atoms with Gasteiger partial charge in [0.15, 0.2) is 0 Å². The molecule has 2 N–H and O–H groups in total. The van der Waals surface area contributed by atoms with E-state index in [0.717, 1.165) is 30.1 Å². The van der Waals surface area contributed by atoms with Crippen molar-refractivity contribution in [3.8, 4) is 11.1 Å². The Labute approximate surface area is 396 Å². The number of fused-ring (bicyclic) bond motifs is 3. The summed E-state index contributed by atoms with van der Waals surface area (Å²) in [5, 5.41) is 18.2. The van der Waals surface area contributed by atoms with Crippen molar-refractivity contribution in [2.45, 2.75) is 283 Å². The number of aryl methyl sites for hydroxylation is 2. The van der Waals surface area contributed by atoms with E-state index >= 15 is 0 Å². The van der Waals surface area contributed by atoms with Crippen LogP contribution in [0.4, 0.5) is 0 Å². The van der Waals surface area contributed by atoms with E-state index in [1.807, 2.05) is 0 Å². The van der Waals surface area contributed by atoms with Crippen LogP contribution in [0.25, 0.3) is 11.1 Å². The Morgan fingerprint density at radius 1 is 0.531 bits per heavy atom. The molecule has 3 aliphatic carbocycles. The summed E-state index contributed by atoms with van der Waals surface area (Å²) in [5.74, 6) is 1.54. The van der Waals surface area contributed by atoms with Crippen LogP contribution in [0.1, 0.15) is 259 Å². The highest BCUT2D eigenvalue weighted by Crippen LogP contribution is 2.72. The Morgan fingerprint density at radius 2 is 0.891 bits per heavy atom. The van der Waals surface area contributed by atoms with Gasteiger partial charge in [-0.3, -0.25) is 0 Å². The summed E-state index contributed by atoms with van der Waals surface area (Å²) in [6, 6.07) is 10.5. The van der Waals surface area contributed by atoms with Crippen molar-refractivity contribution < 1.29 is 19.5 Å². The van der Waals surface area contributed by atoms with Gasteiger partial charge in [-0.25, -0.2) is 0 Å². The highest BCUT2D eigenvalue weighted by Gasteiger charge is 2.67. The van der Waals surface area contributed by atoms with Crippen molar-refractivity contribution in [2.75, 3.05) is 0 Å². The fourth-order valence-electron chi connectivity index (χ4n) is 12.2. The van der Waals surface area contributed by atoms with Gasteiger partial charge in [0, 0.05) is 10.8 Å². The predicted molar refractivity (Wildman–Crippen MR) is 277 cm³/mol. The SMILES string of the molecule is CC(C)(O)C(C)(C)O.[B]c1cc2c(cc1CCCCCC)-c1cc(CCCCCC)c(B3OC(C)(C)C(C)(C)O3)cc1C13CC(CCCCCCC)CC21CC(CCCCCCC)C3. The van der Waals surface area contributed by atoms with Crippen molar-refractivity contribution in [1.29, 1.82) is 0 Å². The third-order valence-corrected chi connectivity index (χ3v) is 17.4. The minimum Gasteiger partial charge on any atom is -0.399 e. The van der Waals surface area contributed by atoms with E-state index in [0.29, 0.717) is 0 Å². The third-order valence-electron chi connectivity index (χ3n) is 17.4. The molecule has 2 atom stereocenters. The van der Waals surface area contributed by atoms with Crippen LogP contribution in [-0.4, -0.2) is 47.6 Å². The quantitative estimate of drug-likeness (QED) is 0.0815. The number of rotatable bonds is 24. The van der Waals surface area contributed by atoms with Gasteiger partial charge >= 0.3 is 7.12 Å². The molecule has 2 aromatic rings. The summed E-state index contributed by atoms with van der Waals surface area (Å²) in [6.07, 6.45) is 34.1. The van der Waals surface area contributed by atoms with Gasteiger partial charge in [0.2, 0.25) is 0 Å². The summed E-state index contributed by atoms with van der Waals surface area (Å²) < 4.78 is 13.9. The fraction of sp³-hybridized carbons (Fsp3) is 0.793. The molecule has 2 unspecified atom stereocenters. The predicted octanol–water partition coefficient (Wildman–Crippen LogP) is 14.3. The average Bonchev–Trinajstić information content (AvgIpc) is 3.79. The van der Waals surface area contributed by atoms with E-state index in [2.05, 4.69) is 79.7 Å². The molecule has 2 saturated carbocycles. The Bertz CT molecular complexity index is 1710. The average molecular weight is 879 g/mol. The van der Waals surface area contributed by atoms with Crippen LogP contribution in [0.15, 0.2) is 24.3 Å². The summed E-state index contributed by atoms with van der Waals surface area (Å²) >= 11 is 0. The number of unbranched alkanes of at least 4 members (excludes halogenated alkanes) is 14. The van der Waals surface area contributed by atoms with Crippen LogP contribution >= 0.6 is 0 Å². The van der Waals surface area contributed by atoms with E-state index in [9.17, 15) is 0 Å². The molecule has 0 aromatic heterocycles. The van der Waals surface area contributed by atoms with Crippen molar-refractivity contribution >= 4 is 25.9 Å². The van der Waals surface area contributed by atoms with Crippen molar-refractivity contribution in [3.05, 3.63) is 46.5 Å². The maximum absolute atomic E-state index is 9.10. The molecule has 358 valence electrons. The van der Waals surface area contributed by atoms with Gasteiger partial charge < -0.3 is 19.5 Å². The molecule has 4 nitrogen and oxygen atoms in total. The maximum atomic E-state index is 9.10. The van der Waals surface area contributed by atoms with E-state index in [4.69, 9.17) is 27.4 Å². The Morgan fingerprint density at radius 3 is 1.30 bits per heavy atom. The molecular formula is C58H96B2O4. The van der Waals surface area contributed by atoms with Gasteiger partial charge in [-0.05, 0) is 152 Å². The first-order chi connectivity index (χ1) is 30.2. The third kappa shape index (κ3) is 12.0. The molecule has 6 rings (SSSR count). The molecule has 0 bridgehead atoms. The number of benzene rings is 2. The first kappa shape index (κ1) is 53.4. The zero-order chi connectivity index (χ0) is 47.0. The molecule has 2 aromatic carbocycles. The topological polar surface area (TPSA) is 58.9 Å². The van der Waals surface area contributed by atoms with Gasteiger partial charge in [0.05, 0.1) is 22.4 Å². The van der Waals surface area contributed by atoms with Crippen molar-refractivity contribution in [3.63, 3.8) is 0 Å². The lowest BCUT2D eigenvalue weighted by Gasteiger charge is -2.48. The van der Waals surface area contributed by atoms with Gasteiger partial charge in [0.25, 0.3) is 0 Å². The maximum Gasteiger partial charge on any atom is 0.495 e. The monoisotopic (exact) mass is 879 g/mol. The van der Waals surface area contributed by atoms with Gasteiger partial charge in [0.1, 0.15) is 7.85 Å². The summed E-state index contributed by atoms with van der Waals surface area (Å²) in [6.45, 7) is 24.5. The fourth-order valence-corrected chi connectivity index (χ4v) is 12.2. The van der Waals surface area contributed by atoms with Gasteiger partial charge in [-0.1, -0.05) is 179 Å². The Hall–Kier alpha value is -1.59. The highest BCUT2D eigenvalue weighted by molar-refractivity contribution is 6.62. The first-order valence-corrected chi connectivity index (χ1v) is 27.1. The molecule has 6 heteroatoms. The molecule has 1 heterocycles. The molecule has 0 amide bonds. The molecule has 3 fully saturated rings. The second-order valence-corrected chi connectivity index (χ2v) is 23.6. The molecule has 1 aliphatic heterocycles. The molecule has 1 saturated heterocycles. The Balaban J connectivity index is 0.000000878. The van der Waals surface area contributed by atoms with Gasteiger partial charge in [-0.2, -0.15) is 0 Å². The lowest BCUT2D eigenvalue weighted by molar-refractivity contribution is -0.107. The van der Waals surface area contributed by atoms with Crippen LogP contribution in [0.5, 0.6) is 0 Å². The zero-order valence-corrected chi connectivity index (χ0v) is 43.7. The van der Waals surface area contributed by atoms with E-state index in [1.165, 1.54) is 182 Å². The van der Waals surface area contributed by atoms with Crippen LogP contribution in [0.2, 0.25) is 0 Å². The summed E-state index contributed by atoms with van der Waals surface area (Å²) in [4.78, 5) is 0. The normalized spacial score (nSPS) is 24.2. The van der Waals surface area contributed by atoms with E-state index < -0.39 is 11.2 Å². The van der Waals surface area contributed by atoms with Gasteiger partial charge in [-0.15, -0.1) is 0 Å². The van der Waals surface area contributed by atoms with Crippen molar-refractivity contribution in [2.24, 2.45) is 11.8 Å². The summed E-state index contributed by atoms with van der Waals surface area (Å²) in [5.41, 5.74) is 9.11. The van der Waals surface area contributed by atoms with Crippen LogP contribution in [0.3, 0.4) is 0 Å². The lowest BCUT2D eigenvalue weighted by atomic mass is 9.53. The number of hydrogen-bond donors (Lipinski definition) is 2. The molecule has 0 spiro atoms. The molecule has 4 aliphatic rings. The second-order valence-electron chi connectivity index (χ2n) is 23.6. The van der Waals surface area contributed by atoms with E-state index in [-0.39, 0.29) is 29.2 Å². The minimum atomic E-state index is -1.01. The number of hydrogen-bond acceptors (Lipinski definition) is 4. The van der Waals surface area contributed by atoms with Crippen molar-refractivity contribution in [1.82, 2.24) is 0 Å². The minimum absolute atomic E-state index is 0.145. The first-order valence-electron chi connectivity index (χ1n) is 27.1. The van der Waals surface area contributed by atoms with Crippen LogP contribution < -0.4 is 10.9 Å². The van der Waals surface area contributed by atoms with Crippen LogP contribution in [-0.2, 0) is 33.0 Å². The highest BCUT2D eigenvalue weighted by atomic mass is 16.7. The smallest absolute Gasteiger partial charge is 0.399 e. The molecule has 2 radical (unpaired) electrons. The molecular weight excluding hydrogens is 782 g/mol. The summed E-state index contributed by atoms with van der Waals surface area (Å²) in [7, 11) is 6.88. The largest absolute Gasteiger partial charge is 0.495 e.